The van der Waals surface area contributed by atoms with Crippen molar-refractivity contribution >= 4 is 5.84 Å². The van der Waals surface area contributed by atoms with Crippen LogP contribution in [0.2, 0.25) is 0 Å². The normalized spacial score (nSPS) is 19.5. The van der Waals surface area contributed by atoms with E-state index in [1.54, 1.807) is 7.11 Å². The van der Waals surface area contributed by atoms with Crippen molar-refractivity contribution in [3.63, 3.8) is 0 Å². The van der Waals surface area contributed by atoms with Crippen LogP contribution in [-0.4, -0.2) is 41.1 Å². The fourth-order valence-corrected chi connectivity index (χ4v) is 2.71. The highest BCUT2D eigenvalue weighted by molar-refractivity contribution is 5.85. The van der Waals surface area contributed by atoms with Crippen molar-refractivity contribution in [3.05, 3.63) is 23.5 Å². The Hall–Kier alpha value is -1.82. The minimum atomic E-state index is -0.205. The van der Waals surface area contributed by atoms with E-state index in [9.17, 15) is 0 Å². The van der Waals surface area contributed by atoms with Crippen LogP contribution in [0.3, 0.4) is 0 Å². The van der Waals surface area contributed by atoms with Gasteiger partial charge in [-0.15, -0.1) is 0 Å². The number of nitrogens with two attached hydrogens (primary N) is 1. The van der Waals surface area contributed by atoms with Crippen LogP contribution in [0.1, 0.15) is 31.2 Å². The zero-order valence-electron chi connectivity index (χ0n) is 13.0. The van der Waals surface area contributed by atoms with Crippen molar-refractivity contribution in [2.75, 3.05) is 20.2 Å². The van der Waals surface area contributed by atoms with Gasteiger partial charge in [0.05, 0.1) is 12.8 Å². The molecule has 0 radical (unpaired) electrons. The molecule has 1 saturated heterocycles. The summed E-state index contributed by atoms with van der Waals surface area (Å²) in [5.41, 5.74) is 7.56. The van der Waals surface area contributed by atoms with Gasteiger partial charge in [0.15, 0.2) is 0 Å². The first-order valence-corrected chi connectivity index (χ1v) is 7.19. The molecule has 1 aliphatic heterocycles. The molecule has 3 N–H and O–H groups in total. The Morgan fingerprint density at radius 2 is 2.14 bits per heavy atom. The summed E-state index contributed by atoms with van der Waals surface area (Å²) < 4.78 is 5.29. The van der Waals surface area contributed by atoms with Crippen LogP contribution in [0.25, 0.3) is 0 Å². The number of ether oxygens (including phenoxy) is 1. The number of pyridine rings is 1. The Balaban J connectivity index is 1.99. The smallest absolute Gasteiger partial charge is 0.145 e. The van der Waals surface area contributed by atoms with E-state index in [1.165, 1.54) is 0 Å². The number of likely N-dealkylation sites (tertiary alicyclic amines) is 1. The standard InChI is InChI=1S/C15H24N4O2/c1-11-8-13(21-3)9-12(17-11)10-19-6-4-15(2,5-7-19)14(16)18-20/h8-9,20H,4-7,10H2,1-3H3,(H2,16,18). The fourth-order valence-electron chi connectivity index (χ4n) is 2.71. The highest BCUT2D eigenvalue weighted by Crippen LogP contribution is 2.31. The number of aryl methyl sites for hydroxylation is 1. The maximum Gasteiger partial charge on any atom is 0.145 e. The summed E-state index contributed by atoms with van der Waals surface area (Å²) in [6.07, 6.45) is 1.76. The lowest BCUT2D eigenvalue weighted by molar-refractivity contribution is 0.151. The zero-order chi connectivity index (χ0) is 15.5. The summed E-state index contributed by atoms with van der Waals surface area (Å²) in [5, 5.41) is 12.0. The molecule has 2 rings (SSSR count). The van der Waals surface area contributed by atoms with Gasteiger partial charge in [0.25, 0.3) is 0 Å². The van der Waals surface area contributed by atoms with Gasteiger partial charge in [-0.3, -0.25) is 9.88 Å². The van der Waals surface area contributed by atoms with Crippen LogP contribution in [0.15, 0.2) is 17.3 Å². The minimum Gasteiger partial charge on any atom is -0.497 e. The number of piperidine rings is 1. The van der Waals surface area contributed by atoms with Crippen LogP contribution < -0.4 is 10.5 Å². The molecular formula is C15H24N4O2. The SMILES string of the molecule is COc1cc(C)nc(CN2CCC(C)(/C(N)=N/O)CC2)c1. The molecule has 6 nitrogen and oxygen atoms in total. The lowest BCUT2D eigenvalue weighted by Crippen LogP contribution is -2.45. The molecule has 0 aromatic carbocycles. The van der Waals surface area contributed by atoms with E-state index in [2.05, 4.69) is 15.0 Å². The third-order valence-electron chi connectivity index (χ3n) is 4.29. The van der Waals surface area contributed by atoms with E-state index >= 15 is 0 Å². The van der Waals surface area contributed by atoms with Gasteiger partial charge in [0, 0.05) is 29.8 Å². The van der Waals surface area contributed by atoms with Crippen molar-refractivity contribution in [2.24, 2.45) is 16.3 Å². The zero-order valence-corrected chi connectivity index (χ0v) is 13.0. The highest BCUT2D eigenvalue weighted by Gasteiger charge is 2.34. The molecule has 0 saturated carbocycles. The van der Waals surface area contributed by atoms with E-state index in [-0.39, 0.29) is 5.41 Å². The molecule has 0 spiro atoms. The van der Waals surface area contributed by atoms with Crippen molar-refractivity contribution in [2.45, 2.75) is 33.2 Å². The third-order valence-corrected chi connectivity index (χ3v) is 4.29. The lowest BCUT2D eigenvalue weighted by Gasteiger charge is -2.38. The Kier molecular flexibility index (Phi) is 4.67. The molecule has 1 aromatic heterocycles. The van der Waals surface area contributed by atoms with Gasteiger partial charge in [-0.1, -0.05) is 12.1 Å². The predicted octanol–water partition coefficient (Wildman–Crippen LogP) is 1.75. The second-order valence-electron chi connectivity index (χ2n) is 5.96. The average Bonchev–Trinajstić information content (AvgIpc) is 2.48. The quantitative estimate of drug-likeness (QED) is 0.382. The third kappa shape index (κ3) is 3.64. The Morgan fingerprint density at radius 3 is 2.71 bits per heavy atom. The molecule has 0 unspecified atom stereocenters. The monoisotopic (exact) mass is 292 g/mol. The van der Waals surface area contributed by atoms with Crippen LogP contribution >= 0.6 is 0 Å². The van der Waals surface area contributed by atoms with Gasteiger partial charge in [-0.2, -0.15) is 0 Å². The van der Waals surface area contributed by atoms with Gasteiger partial charge >= 0.3 is 0 Å². The first kappa shape index (κ1) is 15.6. The highest BCUT2D eigenvalue weighted by atomic mass is 16.5. The Bertz CT molecular complexity index is 522. The van der Waals surface area contributed by atoms with E-state index in [1.807, 2.05) is 26.0 Å². The molecule has 0 amide bonds. The van der Waals surface area contributed by atoms with Crippen LogP contribution in [0, 0.1) is 12.3 Å². The van der Waals surface area contributed by atoms with Gasteiger partial charge in [-0.05, 0) is 32.9 Å². The van der Waals surface area contributed by atoms with Crippen molar-refractivity contribution in [1.29, 1.82) is 0 Å². The second kappa shape index (κ2) is 6.30. The van der Waals surface area contributed by atoms with Crippen LogP contribution in [0.5, 0.6) is 5.75 Å². The number of hydrogen-bond acceptors (Lipinski definition) is 5. The second-order valence-corrected chi connectivity index (χ2v) is 5.96. The van der Waals surface area contributed by atoms with E-state index in [0.717, 1.165) is 49.6 Å². The summed E-state index contributed by atoms with van der Waals surface area (Å²) in [6, 6.07) is 3.90. The topological polar surface area (TPSA) is 84.0 Å². The van der Waals surface area contributed by atoms with E-state index < -0.39 is 0 Å². The molecule has 1 fully saturated rings. The molecule has 1 aromatic rings. The lowest BCUT2D eigenvalue weighted by atomic mass is 9.79. The maximum atomic E-state index is 8.87. The molecule has 21 heavy (non-hydrogen) atoms. The van der Waals surface area contributed by atoms with Gasteiger partial charge < -0.3 is 15.7 Å². The summed E-state index contributed by atoms with van der Waals surface area (Å²) in [4.78, 5) is 6.89. The molecule has 2 heterocycles. The van der Waals surface area contributed by atoms with Gasteiger partial charge in [0.1, 0.15) is 11.6 Å². The van der Waals surface area contributed by atoms with Crippen LogP contribution in [0.4, 0.5) is 0 Å². The first-order valence-electron chi connectivity index (χ1n) is 7.19. The van der Waals surface area contributed by atoms with E-state index in [0.29, 0.717) is 5.84 Å². The summed E-state index contributed by atoms with van der Waals surface area (Å²) in [6.45, 7) is 6.63. The average molecular weight is 292 g/mol. The van der Waals surface area contributed by atoms with Gasteiger partial charge in [-0.25, -0.2) is 0 Å². The van der Waals surface area contributed by atoms with Crippen molar-refractivity contribution in [1.82, 2.24) is 9.88 Å². The molecule has 0 aliphatic carbocycles. The van der Waals surface area contributed by atoms with Crippen molar-refractivity contribution < 1.29 is 9.94 Å². The van der Waals surface area contributed by atoms with Gasteiger partial charge in [0.2, 0.25) is 0 Å². The number of rotatable bonds is 4. The Morgan fingerprint density at radius 1 is 1.48 bits per heavy atom. The van der Waals surface area contributed by atoms with Crippen LogP contribution in [-0.2, 0) is 6.54 Å². The number of amidine groups is 1. The van der Waals surface area contributed by atoms with Crippen molar-refractivity contribution in [3.8, 4) is 5.75 Å². The minimum absolute atomic E-state index is 0.205. The van der Waals surface area contributed by atoms with E-state index in [4.69, 9.17) is 15.7 Å². The molecule has 116 valence electrons. The predicted molar refractivity (Wildman–Crippen MR) is 81.6 cm³/mol. The first-order chi connectivity index (χ1) is 9.96. The number of nitrogens with zero attached hydrogens (tertiary/aromatic N) is 3. The fraction of sp³-hybridized carbons (Fsp3) is 0.600. The molecular weight excluding hydrogens is 268 g/mol. The summed E-state index contributed by atoms with van der Waals surface area (Å²) in [5.74, 6) is 1.17. The molecule has 1 aliphatic rings. The number of hydrogen-bond donors (Lipinski definition) is 2. The maximum absolute atomic E-state index is 8.87. The molecule has 0 bridgehead atoms. The number of oxime groups is 1. The molecule has 0 atom stereocenters. The molecule has 6 heteroatoms. The summed E-state index contributed by atoms with van der Waals surface area (Å²) in [7, 11) is 1.67. The Labute approximate surface area is 125 Å². The number of aromatic nitrogens is 1. The largest absolute Gasteiger partial charge is 0.497 e. The number of methoxy groups -OCH3 is 1. The summed E-state index contributed by atoms with van der Waals surface area (Å²) >= 11 is 0.